The van der Waals surface area contributed by atoms with Gasteiger partial charge in [-0.15, -0.1) is 0 Å². The van der Waals surface area contributed by atoms with E-state index in [9.17, 15) is 9.59 Å². The van der Waals surface area contributed by atoms with E-state index in [4.69, 9.17) is 11.6 Å². The highest BCUT2D eigenvalue weighted by Gasteiger charge is 2.17. The number of hydrogen-bond donors (Lipinski definition) is 2. The van der Waals surface area contributed by atoms with Gasteiger partial charge in [0.05, 0.1) is 0 Å². The molecule has 2 N–H and O–H groups in total. The Morgan fingerprint density at radius 2 is 1.88 bits per heavy atom. The van der Waals surface area contributed by atoms with Gasteiger partial charge in [0, 0.05) is 28.5 Å². The monoisotopic (exact) mass is 348 g/mol. The third kappa shape index (κ3) is 4.14. The number of nitrogens with zero attached hydrogens (tertiary/aromatic N) is 2. The van der Waals surface area contributed by atoms with Gasteiger partial charge in [0.2, 0.25) is 0 Å². The van der Waals surface area contributed by atoms with Crippen LogP contribution in [0.3, 0.4) is 0 Å². The van der Waals surface area contributed by atoms with Crippen LogP contribution >= 0.6 is 11.6 Å². The number of aryl methyl sites for hydroxylation is 2. The summed E-state index contributed by atoms with van der Waals surface area (Å²) in [4.78, 5) is 24.0. The van der Waals surface area contributed by atoms with Crippen molar-refractivity contribution in [3.8, 4) is 0 Å². The summed E-state index contributed by atoms with van der Waals surface area (Å²) >= 11 is 6.01. The van der Waals surface area contributed by atoms with Crippen molar-refractivity contribution >= 4 is 34.9 Å². The van der Waals surface area contributed by atoms with Gasteiger partial charge in [-0.1, -0.05) is 24.6 Å². The van der Waals surface area contributed by atoms with Crippen molar-refractivity contribution in [1.29, 1.82) is 0 Å². The summed E-state index contributed by atoms with van der Waals surface area (Å²) in [6.45, 7) is 7.86. The van der Waals surface area contributed by atoms with Crippen molar-refractivity contribution in [2.75, 3.05) is 10.6 Å². The molecule has 2 rings (SSSR count). The zero-order valence-electron chi connectivity index (χ0n) is 14.2. The lowest BCUT2D eigenvalue weighted by Crippen LogP contribution is -2.29. The number of carbonyl (C=O) groups excluding carboxylic acids is 2. The minimum atomic E-state index is -0.777. The number of amides is 2. The third-order valence-corrected chi connectivity index (χ3v) is 4.22. The van der Waals surface area contributed by atoms with Crippen molar-refractivity contribution in [2.45, 2.75) is 40.2 Å². The Labute approximate surface area is 146 Å². The van der Waals surface area contributed by atoms with Crippen molar-refractivity contribution < 1.29 is 9.59 Å². The van der Waals surface area contributed by atoms with E-state index in [1.807, 2.05) is 25.5 Å². The number of aromatic nitrogens is 2. The van der Waals surface area contributed by atoms with E-state index >= 15 is 0 Å². The van der Waals surface area contributed by atoms with Gasteiger partial charge in [-0.05, 0) is 44.9 Å². The van der Waals surface area contributed by atoms with Crippen LogP contribution < -0.4 is 10.6 Å². The fraction of sp³-hybridized carbons (Fsp3) is 0.353. The van der Waals surface area contributed by atoms with Crippen molar-refractivity contribution in [3.05, 3.63) is 40.5 Å². The molecule has 128 valence electrons. The van der Waals surface area contributed by atoms with Crippen LogP contribution in [0, 0.1) is 13.8 Å². The van der Waals surface area contributed by atoms with Crippen molar-refractivity contribution in [1.82, 2.24) is 9.78 Å². The molecule has 0 radical (unpaired) electrons. The summed E-state index contributed by atoms with van der Waals surface area (Å²) in [6, 6.07) is 7.02. The second kappa shape index (κ2) is 7.49. The van der Waals surface area contributed by atoms with Crippen LogP contribution in [0.1, 0.15) is 37.6 Å². The van der Waals surface area contributed by atoms with Crippen molar-refractivity contribution in [2.24, 2.45) is 0 Å². The molecule has 7 heteroatoms. The lowest BCUT2D eigenvalue weighted by Gasteiger charge is -2.10. The van der Waals surface area contributed by atoms with Crippen molar-refractivity contribution in [3.63, 3.8) is 0 Å². The molecule has 0 spiro atoms. The molecule has 1 atom stereocenters. The number of halogens is 1. The molecule has 0 fully saturated rings. The molecule has 1 heterocycles. The maximum atomic E-state index is 12.0. The fourth-order valence-corrected chi connectivity index (χ4v) is 2.38. The lowest BCUT2D eigenvalue weighted by molar-refractivity contribution is -0.133. The van der Waals surface area contributed by atoms with Crippen LogP contribution in [-0.4, -0.2) is 21.6 Å². The van der Waals surface area contributed by atoms with Gasteiger partial charge in [-0.3, -0.25) is 14.3 Å². The van der Waals surface area contributed by atoms with Gasteiger partial charge in [0.25, 0.3) is 0 Å². The van der Waals surface area contributed by atoms with Crippen LogP contribution in [0.4, 0.5) is 11.5 Å². The SMILES string of the molecule is CC[C@@H](C)n1nc(NC(=O)C(=O)Nc2ccc(C)c(Cl)c2)cc1C. The summed E-state index contributed by atoms with van der Waals surface area (Å²) in [5, 5.41) is 9.87. The summed E-state index contributed by atoms with van der Waals surface area (Å²) in [5.74, 6) is -1.19. The molecule has 0 saturated carbocycles. The fourth-order valence-electron chi connectivity index (χ4n) is 2.20. The third-order valence-electron chi connectivity index (χ3n) is 3.81. The topological polar surface area (TPSA) is 76.0 Å². The van der Waals surface area contributed by atoms with Gasteiger partial charge in [-0.25, -0.2) is 0 Å². The van der Waals surface area contributed by atoms with E-state index in [0.29, 0.717) is 16.5 Å². The number of hydrogen-bond acceptors (Lipinski definition) is 3. The predicted octanol–water partition coefficient (Wildman–Crippen LogP) is 3.70. The molecule has 0 bridgehead atoms. The number of benzene rings is 1. The van der Waals surface area contributed by atoms with E-state index in [1.165, 1.54) is 0 Å². The molecule has 1 aromatic heterocycles. The molecule has 0 aliphatic heterocycles. The molecular formula is C17H21ClN4O2. The molecule has 6 nitrogen and oxygen atoms in total. The lowest BCUT2D eigenvalue weighted by atomic mass is 10.2. The highest BCUT2D eigenvalue weighted by atomic mass is 35.5. The summed E-state index contributed by atoms with van der Waals surface area (Å²) in [5.41, 5.74) is 2.28. The zero-order chi connectivity index (χ0) is 17.9. The standard InChI is InChI=1S/C17H21ClN4O2/c1-5-11(3)22-12(4)8-15(21-22)20-17(24)16(23)19-13-7-6-10(2)14(18)9-13/h6-9,11H,5H2,1-4H3,(H,19,23)(H,20,21,24)/t11-/m1/s1. The highest BCUT2D eigenvalue weighted by molar-refractivity contribution is 6.43. The Kier molecular flexibility index (Phi) is 5.62. The number of rotatable bonds is 4. The van der Waals surface area contributed by atoms with E-state index in [1.54, 1.807) is 24.3 Å². The Hall–Kier alpha value is -2.34. The molecule has 2 aromatic rings. The quantitative estimate of drug-likeness (QED) is 0.827. The highest BCUT2D eigenvalue weighted by Crippen LogP contribution is 2.20. The minimum absolute atomic E-state index is 0.221. The maximum Gasteiger partial charge on any atom is 0.315 e. The first-order valence-corrected chi connectivity index (χ1v) is 8.14. The van der Waals surface area contributed by atoms with E-state index in [-0.39, 0.29) is 6.04 Å². The normalized spacial score (nSPS) is 11.9. The van der Waals surface area contributed by atoms with Gasteiger partial charge < -0.3 is 10.6 Å². The molecule has 0 aliphatic rings. The summed E-state index contributed by atoms with van der Waals surface area (Å²) < 4.78 is 1.83. The number of nitrogens with one attached hydrogen (secondary N) is 2. The average Bonchev–Trinajstić information content (AvgIpc) is 2.90. The van der Waals surface area contributed by atoms with Gasteiger partial charge in [-0.2, -0.15) is 5.10 Å². The Bertz CT molecular complexity index is 770. The first-order chi connectivity index (χ1) is 11.3. The van der Waals surface area contributed by atoms with Crippen LogP contribution in [0.25, 0.3) is 0 Å². The number of carbonyl (C=O) groups is 2. The van der Waals surface area contributed by atoms with Gasteiger partial charge in [0.1, 0.15) is 0 Å². The van der Waals surface area contributed by atoms with Gasteiger partial charge in [0.15, 0.2) is 5.82 Å². The Morgan fingerprint density at radius 1 is 1.21 bits per heavy atom. The zero-order valence-corrected chi connectivity index (χ0v) is 14.9. The molecule has 0 aliphatic carbocycles. The second-order valence-corrected chi connectivity index (χ2v) is 6.15. The van der Waals surface area contributed by atoms with Gasteiger partial charge >= 0.3 is 11.8 Å². The molecule has 2 amide bonds. The summed E-state index contributed by atoms with van der Waals surface area (Å²) in [6.07, 6.45) is 0.921. The molecular weight excluding hydrogens is 328 g/mol. The maximum absolute atomic E-state index is 12.0. The first kappa shape index (κ1) is 18.0. The molecule has 0 unspecified atom stereocenters. The first-order valence-electron chi connectivity index (χ1n) is 7.76. The van der Waals surface area contributed by atoms with E-state index < -0.39 is 11.8 Å². The minimum Gasteiger partial charge on any atom is -0.318 e. The van der Waals surface area contributed by atoms with E-state index in [0.717, 1.165) is 17.7 Å². The Balaban J connectivity index is 2.03. The largest absolute Gasteiger partial charge is 0.318 e. The molecule has 0 saturated heterocycles. The summed E-state index contributed by atoms with van der Waals surface area (Å²) in [7, 11) is 0. The molecule has 1 aromatic carbocycles. The smallest absolute Gasteiger partial charge is 0.315 e. The molecule has 24 heavy (non-hydrogen) atoms. The Morgan fingerprint density at radius 3 is 2.50 bits per heavy atom. The van der Waals surface area contributed by atoms with Crippen LogP contribution in [-0.2, 0) is 9.59 Å². The predicted molar refractivity (Wildman–Crippen MR) is 95.4 cm³/mol. The van der Waals surface area contributed by atoms with E-state index in [2.05, 4.69) is 22.7 Å². The van der Waals surface area contributed by atoms with Crippen LogP contribution in [0.5, 0.6) is 0 Å². The second-order valence-electron chi connectivity index (χ2n) is 5.75. The number of anilines is 2. The van der Waals surface area contributed by atoms with Crippen LogP contribution in [0.15, 0.2) is 24.3 Å². The van der Waals surface area contributed by atoms with Crippen LogP contribution in [0.2, 0.25) is 5.02 Å². The average molecular weight is 349 g/mol.